The summed E-state index contributed by atoms with van der Waals surface area (Å²) >= 11 is 0. The zero-order valence-corrected chi connectivity index (χ0v) is 11.6. The first-order valence-corrected chi connectivity index (χ1v) is 6.45. The van der Waals surface area contributed by atoms with Crippen LogP contribution in [-0.2, 0) is 6.54 Å². The summed E-state index contributed by atoms with van der Waals surface area (Å²) in [5.41, 5.74) is 1.61. The molecule has 0 aliphatic rings. The molecule has 1 unspecified atom stereocenters. The Morgan fingerprint density at radius 3 is 2.75 bits per heavy atom. The lowest BCUT2D eigenvalue weighted by molar-refractivity contribution is 0.412. The predicted octanol–water partition coefficient (Wildman–Crippen LogP) is 3.39. The van der Waals surface area contributed by atoms with Crippen molar-refractivity contribution in [2.24, 2.45) is 0 Å². The molecule has 4 heteroatoms. The van der Waals surface area contributed by atoms with Gasteiger partial charge in [0.25, 0.3) is 0 Å². The summed E-state index contributed by atoms with van der Waals surface area (Å²) in [4.78, 5) is 0. The van der Waals surface area contributed by atoms with Crippen LogP contribution < -0.4 is 10.1 Å². The van der Waals surface area contributed by atoms with Crippen LogP contribution in [-0.4, -0.2) is 12.2 Å². The summed E-state index contributed by atoms with van der Waals surface area (Å²) in [6.07, 6.45) is 0. The van der Waals surface area contributed by atoms with E-state index in [1.165, 1.54) is 6.07 Å². The van der Waals surface area contributed by atoms with Gasteiger partial charge in [-0.3, -0.25) is 0 Å². The van der Waals surface area contributed by atoms with Gasteiger partial charge in [0, 0.05) is 18.2 Å². The van der Waals surface area contributed by atoms with Crippen molar-refractivity contribution in [3.63, 3.8) is 0 Å². The number of ether oxygens (including phenoxy) is 1. The number of phenolic OH excluding ortho intramolecular Hbond substituents is 1. The van der Waals surface area contributed by atoms with Crippen molar-refractivity contribution >= 4 is 0 Å². The van der Waals surface area contributed by atoms with Gasteiger partial charge < -0.3 is 15.2 Å². The highest BCUT2D eigenvalue weighted by Crippen LogP contribution is 2.23. The number of phenols is 1. The van der Waals surface area contributed by atoms with Crippen LogP contribution in [0.25, 0.3) is 0 Å². The summed E-state index contributed by atoms with van der Waals surface area (Å²) in [5, 5.41) is 12.9. The van der Waals surface area contributed by atoms with E-state index < -0.39 is 5.82 Å². The van der Waals surface area contributed by atoms with Crippen molar-refractivity contribution in [3.05, 3.63) is 59.4 Å². The minimum absolute atomic E-state index is 0.0627. The summed E-state index contributed by atoms with van der Waals surface area (Å²) < 4.78 is 18.4. The molecule has 0 aromatic heterocycles. The van der Waals surface area contributed by atoms with Gasteiger partial charge in [0.1, 0.15) is 5.75 Å². The van der Waals surface area contributed by atoms with Crippen molar-refractivity contribution in [1.82, 2.24) is 5.32 Å². The number of methoxy groups -OCH3 is 1. The normalized spacial score (nSPS) is 12.2. The maximum atomic E-state index is 13.2. The average Bonchev–Trinajstić information content (AvgIpc) is 2.48. The van der Waals surface area contributed by atoms with E-state index in [9.17, 15) is 9.50 Å². The minimum Gasteiger partial charge on any atom is -0.505 e. The highest BCUT2D eigenvalue weighted by molar-refractivity contribution is 5.34. The van der Waals surface area contributed by atoms with Crippen molar-refractivity contribution in [3.8, 4) is 11.5 Å². The van der Waals surface area contributed by atoms with E-state index in [0.29, 0.717) is 12.1 Å². The van der Waals surface area contributed by atoms with Crippen LogP contribution in [0.15, 0.2) is 42.5 Å². The van der Waals surface area contributed by atoms with E-state index in [1.54, 1.807) is 19.2 Å². The van der Waals surface area contributed by atoms with E-state index in [4.69, 9.17) is 4.74 Å². The van der Waals surface area contributed by atoms with Gasteiger partial charge in [0.15, 0.2) is 11.6 Å². The quantitative estimate of drug-likeness (QED) is 0.879. The van der Waals surface area contributed by atoms with Gasteiger partial charge >= 0.3 is 0 Å². The lowest BCUT2D eigenvalue weighted by atomic mass is 10.1. The molecule has 2 aromatic rings. The van der Waals surface area contributed by atoms with Crippen molar-refractivity contribution in [2.45, 2.75) is 19.5 Å². The lowest BCUT2D eigenvalue weighted by Crippen LogP contribution is -2.18. The van der Waals surface area contributed by atoms with Crippen LogP contribution in [0, 0.1) is 5.82 Å². The number of aromatic hydroxyl groups is 1. The van der Waals surface area contributed by atoms with E-state index in [2.05, 4.69) is 5.32 Å². The largest absolute Gasteiger partial charge is 0.505 e. The Morgan fingerprint density at radius 2 is 2.00 bits per heavy atom. The molecule has 2 N–H and O–H groups in total. The lowest BCUT2D eigenvalue weighted by Gasteiger charge is -2.15. The molecule has 0 radical (unpaired) electrons. The van der Waals surface area contributed by atoms with E-state index in [0.717, 1.165) is 11.3 Å². The molecule has 0 aliphatic carbocycles. The summed E-state index contributed by atoms with van der Waals surface area (Å²) in [6, 6.07) is 12.3. The third-order valence-corrected chi connectivity index (χ3v) is 3.26. The Bertz CT molecular complexity index is 586. The minimum atomic E-state index is -0.599. The third kappa shape index (κ3) is 3.27. The molecule has 106 valence electrons. The van der Waals surface area contributed by atoms with Crippen LogP contribution >= 0.6 is 0 Å². The second-order valence-electron chi connectivity index (χ2n) is 4.63. The molecule has 20 heavy (non-hydrogen) atoms. The second kappa shape index (κ2) is 6.39. The summed E-state index contributed by atoms with van der Waals surface area (Å²) in [7, 11) is 1.63. The zero-order chi connectivity index (χ0) is 14.5. The molecule has 0 amide bonds. The highest BCUT2D eigenvalue weighted by Gasteiger charge is 2.09. The molecule has 2 aromatic carbocycles. The molecule has 0 heterocycles. The number of benzene rings is 2. The molecule has 0 fully saturated rings. The Morgan fingerprint density at radius 1 is 1.25 bits per heavy atom. The molecule has 1 atom stereocenters. The highest BCUT2D eigenvalue weighted by atomic mass is 19.1. The number of hydrogen-bond acceptors (Lipinski definition) is 3. The van der Waals surface area contributed by atoms with Crippen LogP contribution in [0.3, 0.4) is 0 Å². The second-order valence-corrected chi connectivity index (χ2v) is 4.63. The van der Waals surface area contributed by atoms with Crippen LogP contribution in [0.2, 0.25) is 0 Å². The first kappa shape index (κ1) is 14.3. The van der Waals surface area contributed by atoms with Gasteiger partial charge in [-0.05, 0) is 30.7 Å². The monoisotopic (exact) mass is 275 g/mol. The first-order valence-electron chi connectivity index (χ1n) is 6.45. The van der Waals surface area contributed by atoms with Crippen LogP contribution in [0.5, 0.6) is 11.5 Å². The van der Waals surface area contributed by atoms with Crippen molar-refractivity contribution < 1.29 is 14.2 Å². The SMILES string of the molecule is COc1cccc(C(C)NCc2cccc(F)c2O)c1. The topological polar surface area (TPSA) is 41.5 Å². The Labute approximate surface area is 118 Å². The van der Waals surface area contributed by atoms with Gasteiger partial charge in [0.05, 0.1) is 7.11 Å². The van der Waals surface area contributed by atoms with E-state index in [-0.39, 0.29) is 11.8 Å². The maximum Gasteiger partial charge on any atom is 0.165 e. The van der Waals surface area contributed by atoms with Gasteiger partial charge in [-0.2, -0.15) is 0 Å². The molecular weight excluding hydrogens is 257 g/mol. The molecule has 0 bridgehead atoms. The molecular formula is C16H18FNO2. The van der Waals surface area contributed by atoms with Crippen molar-refractivity contribution in [1.29, 1.82) is 0 Å². The van der Waals surface area contributed by atoms with Gasteiger partial charge in [-0.25, -0.2) is 4.39 Å². The van der Waals surface area contributed by atoms with Crippen LogP contribution in [0.4, 0.5) is 4.39 Å². The Kier molecular flexibility index (Phi) is 4.58. The maximum absolute atomic E-state index is 13.2. The van der Waals surface area contributed by atoms with E-state index in [1.807, 2.05) is 31.2 Å². The fourth-order valence-corrected chi connectivity index (χ4v) is 1.99. The average molecular weight is 275 g/mol. The van der Waals surface area contributed by atoms with Gasteiger partial charge in [-0.15, -0.1) is 0 Å². The molecule has 2 rings (SSSR count). The molecule has 0 spiro atoms. The van der Waals surface area contributed by atoms with Crippen LogP contribution in [0.1, 0.15) is 24.1 Å². The molecule has 0 saturated heterocycles. The van der Waals surface area contributed by atoms with Gasteiger partial charge in [0.2, 0.25) is 0 Å². The van der Waals surface area contributed by atoms with Gasteiger partial charge in [-0.1, -0.05) is 24.3 Å². The predicted molar refractivity (Wildman–Crippen MR) is 76.3 cm³/mol. The van der Waals surface area contributed by atoms with Crippen molar-refractivity contribution in [2.75, 3.05) is 7.11 Å². The Balaban J connectivity index is 2.04. The fraction of sp³-hybridized carbons (Fsp3) is 0.250. The number of para-hydroxylation sites is 1. The fourth-order valence-electron chi connectivity index (χ4n) is 1.99. The number of hydrogen-bond donors (Lipinski definition) is 2. The standard InChI is InChI=1S/C16H18FNO2/c1-11(12-5-3-7-14(9-12)20-2)18-10-13-6-4-8-15(17)16(13)19/h3-9,11,18-19H,10H2,1-2H3. The number of halogens is 1. The summed E-state index contributed by atoms with van der Waals surface area (Å²) in [5.74, 6) is -0.0964. The number of nitrogens with one attached hydrogen (secondary N) is 1. The molecule has 3 nitrogen and oxygen atoms in total. The summed E-state index contributed by atoms with van der Waals surface area (Å²) in [6.45, 7) is 2.40. The smallest absolute Gasteiger partial charge is 0.165 e. The third-order valence-electron chi connectivity index (χ3n) is 3.26. The Hall–Kier alpha value is -2.07. The molecule has 0 aliphatic heterocycles. The zero-order valence-electron chi connectivity index (χ0n) is 11.6. The van der Waals surface area contributed by atoms with E-state index >= 15 is 0 Å². The first-order chi connectivity index (χ1) is 9.61. The molecule has 0 saturated carbocycles. The number of rotatable bonds is 5.